The minimum Gasteiger partial charge on any atom is -0.386 e. The van der Waals surface area contributed by atoms with E-state index in [4.69, 9.17) is 0 Å². The lowest BCUT2D eigenvalue weighted by Gasteiger charge is -2.28. The quantitative estimate of drug-likeness (QED) is 0.835. The van der Waals surface area contributed by atoms with Gasteiger partial charge in [0.15, 0.2) is 0 Å². The molecule has 0 spiro atoms. The predicted molar refractivity (Wildman–Crippen MR) is 72.2 cm³/mol. The molecule has 2 N–H and O–H groups in total. The van der Waals surface area contributed by atoms with Crippen LogP contribution < -0.4 is 5.32 Å². The molecule has 1 saturated carbocycles. The number of hydrogen-bond donors (Lipinski definition) is 2. The van der Waals surface area contributed by atoms with Crippen LogP contribution >= 0.6 is 0 Å². The number of para-hydroxylation sites is 1. The Morgan fingerprint density at radius 1 is 1.12 bits per heavy atom. The Morgan fingerprint density at radius 3 is 2.41 bits per heavy atom. The zero-order valence-electron chi connectivity index (χ0n) is 10.9. The van der Waals surface area contributed by atoms with E-state index in [1.54, 1.807) is 0 Å². The number of aliphatic hydroxyl groups is 1. The van der Waals surface area contributed by atoms with E-state index in [1.807, 2.05) is 32.0 Å². The number of hydrogen-bond acceptors (Lipinski definition) is 2. The van der Waals surface area contributed by atoms with Crippen molar-refractivity contribution in [3.05, 3.63) is 29.8 Å². The first kappa shape index (κ1) is 12.4. The molecule has 1 fully saturated rings. The van der Waals surface area contributed by atoms with E-state index >= 15 is 0 Å². The number of nitrogens with one attached hydrogen (secondary N) is 1. The molecule has 1 aromatic carbocycles. The average Bonchev–Trinajstić information content (AvgIpc) is 2.30. The van der Waals surface area contributed by atoms with E-state index in [-0.39, 0.29) is 0 Å². The fourth-order valence-electron chi connectivity index (χ4n) is 2.61. The lowest BCUT2D eigenvalue weighted by molar-refractivity contribution is 0.0792. The van der Waals surface area contributed by atoms with E-state index in [0.717, 1.165) is 11.3 Å². The smallest absolute Gasteiger partial charge is 0.0860 e. The number of rotatable bonds is 3. The summed E-state index contributed by atoms with van der Waals surface area (Å²) in [5, 5.41) is 13.8. The third-order valence-electron chi connectivity index (χ3n) is 3.55. The van der Waals surface area contributed by atoms with E-state index in [0.29, 0.717) is 6.04 Å². The fraction of sp³-hybridized carbons (Fsp3) is 0.600. The molecule has 0 unspecified atom stereocenters. The normalized spacial score (nSPS) is 18.1. The summed E-state index contributed by atoms with van der Waals surface area (Å²) in [7, 11) is 0. The van der Waals surface area contributed by atoms with Gasteiger partial charge in [0.2, 0.25) is 0 Å². The zero-order valence-corrected chi connectivity index (χ0v) is 10.9. The van der Waals surface area contributed by atoms with Crippen molar-refractivity contribution in [3.63, 3.8) is 0 Å². The van der Waals surface area contributed by atoms with Gasteiger partial charge in [0, 0.05) is 17.3 Å². The van der Waals surface area contributed by atoms with Crippen molar-refractivity contribution in [2.75, 3.05) is 5.32 Å². The molecule has 0 heterocycles. The Kier molecular flexibility index (Phi) is 3.72. The van der Waals surface area contributed by atoms with Crippen LogP contribution in [0, 0.1) is 0 Å². The molecule has 0 aliphatic heterocycles. The molecule has 0 bridgehead atoms. The zero-order chi connectivity index (χ0) is 12.3. The van der Waals surface area contributed by atoms with Gasteiger partial charge in [0.05, 0.1) is 5.60 Å². The molecule has 17 heavy (non-hydrogen) atoms. The van der Waals surface area contributed by atoms with Gasteiger partial charge in [-0.05, 0) is 32.8 Å². The summed E-state index contributed by atoms with van der Waals surface area (Å²) in [5.74, 6) is 0. The second-order valence-corrected chi connectivity index (χ2v) is 5.58. The van der Waals surface area contributed by atoms with Crippen molar-refractivity contribution in [3.8, 4) is 0 Å². The van der Waals surface area contributed by atoms with Gasteiger partial charge >= 0.3 is 0 Å². The molecule has 94 valence electrons. The molecule has 0 radical (unpaired) electrons. The van der Waals surface area contributed by atoms with Crippen LogP contribution in [0.25, 0.3) is 0 Å². The Bertz CT molecular complexity index is 361. The van der Waals surface area contributed by atoms with Crippen LogP contribution in [0.4, 0.5) is 5.69 Å². The van der Waals surface area contributed by atoms with Crippen LogP contribution in [0.1, 0.15) is 51.5 Å². The minimum atomic E-state index is -0.780. The third kappa shape index (κ3) is 3.22. The van der Waals surface area contributed by atoms with Gasteiger partial charge in [0.1, 0.15) is 0 Å². The minimum absolute atomic E-state index is 0.576. The second-order valence-electron chi connectivity index (χ2n) is 5.58. The van der Waals surface area contributed by atoms with Gasteiger partial charge in [0.25, 0.3) is 0 Å². The molecule has 2 nitrogen and oxygen atoms in total. The summed E-state index contributed by atoms with van der Waals surface area (Å²) in [4.78, 5) is 0. The van der Waals surface area contributed by atoms with Crippen molar-refractivity contribution >= 4 is 5.69 Å². The SMILES string of the molecule is CC(C)(O)c1ccccc1NC1CCCCC1. The number of anilines is 1. The summed E-state index contributed by atoms with van der Waals surface area (Å²) in [5.41, 5.74) is 1.30. The standard InChI is InChI=1S/C15H23NO/c1-15(2,17)13-10-6-7-11-14(13)16-12-8-4-3-5-9-12/h6-7,10-12,16-17H,3-5,8-9H2,1-2H3. The van der Waals surface area contributed by atoms with Crippen molar-refractivity contribution in [2.24, 2.45) is 0 Å². The molecule has 1 aromatic rings. The highest BCUT2D eigenvalue weighted by atomic mass is 16.3. The Morgan fingerprint density at radius 2 is 1.76 bits per heavy atom. The van der Waals surface area contributed by atoms with Crippen LogP contribution in [-0.4, -0.2) is 11.1 Å². The van der Waals surface area contributed by atoms with Gasteiger partial charge in [-0.15, -0.1) is 0 Å². The average molecular weight is 233 g/mol. The monoisotopic (exact) mass is 233 g/mol. The summed E-state index contributed by atoms with van der Waals surface area (Å²) in [6.07, 6.45) is 6.51. The van der Waals surface area contributed by atoms with Gasteiger partial charge in [-0.2, -0.15) is 0 Å². The highest BCUT2D eigenvalue weighted by molar-refractivity contribution is 5.54. The Labute approximate surface area is 104 Å². The van der Waals surface area contributed by atoms with Gasteiger partial charge in [-0.1, -0.05) is 37.5 Å². The molecular formula is C15H23NO. The number of benzene rings is 1. The Balaban J connectivity index is 2.14. The fourth-order valence-corrected chi connectivity index (χ4v) is 2.61. The molecule has 0 amide bonds. The molecule has 2 heteroatoms. The van der Waals surface area contributed by atoms with Crippen molar-refractivity contribution in [1.29, 1.82) is 0 Å². The topological polar surface area (TPSA) is 32.3 Å². The van der Waals surface area contributed by atoms with E-state index in [1.165, 1.54) is 32.1 Å². The van der Waals surface area contributed by atoms with Gasteiger partial charge in [-0.25, -0.2) is 0 Å². The summed E-state index contributed by atoms with van der Waals surface area (Å²) in [6.45, 7) is 3.68. The lowest BCUT2D eigenvalue weighted by atomic mass is 9.93. The maximum atomic E-state index is 10.2. The van der Waals surface area contributed by atoms with Crippen LogP contribution in [0.3, 0.4) is 0 Å². The van der Waals surface area contributed by atoms with E-state index in [2.05, 4.69) is 11.4 Å². The third-order valence-corrected chi connectivity index (χ3v) is 3.55. The highest BCUT2D eigenvalue weighted by Gasteiger charge is 2.21. The summed E-state index contributed by atoms with van der Waals surface area (Å²) >= 11 is 0. The molecular weight excluding hydrogens is 210 g/mol. The first-order valence-electron chi connectivity index (χ1n) is 6.66. The predicted octanol–water partition coefficient (Wildman–Crippen LogP) is 3.66. The highest BCUT2D eigenvalue weighted by Crippen LogP contribution is 2.30. The maximum Gasteiger partial charge on any atom is 0.0860 e. The van der Waals surface area contributed by atoms with E-state index < -0.39 is 5.60 Å². The molecule has 1 aliphatic rings. The molecule has 0 saturated heterocycles. The maximum absolute atomic E-state index is 10.2. The van der Waals surface area contributed by atoms with Crippen LogP contribution in [0.2, 0.25) is 0 Å². The molecule has 1 aliphatic carbocycles. The largest absolute Gasteiger partial charge is 0.386 e. The molecule has 0 aromatic heterocycles. The summed E-state index contributed by atoms with van der Waals surface area (Å²) < 4.78 is 0. The molecule has 0 atom stereocenters. The second kappa shape index (κ2) is 5.09. The van der Waals surface area contributed by atoms with Crippen LogP contribution in [-0.2, 0) is 5.60 Å². The van der Waals surface area contributed by atoms with Crippen LogP contribution in [0.5, 0.6) is 0 Å². The first-order valence-corrected chi connectivity index (χ1v) is 6.66. The Hall–Kier alpha value is -1.02. The first-order chi connectivity index (χ1) is 8.07. The molecule has 2 rings (SSSR count). The van der Waals surface area contributed by atoms with Gasteiger partial charge in [-0.3, -0.25) is 0 Å². The summed E-state index contributed by atoms with van der Waals surface area (Å²) in [6, 6.07) is 8.67. The lowest BCUT2D eigenvalue weighted by Crippen LogP contribution is -2.25. The van der Waals surface area contributed by atoms with Crippen molar-refractivity contribution < 1.29 is 5.11 Å². The van der Waals surface area contributed by atoms with Crippen molar-refractivity contribution in [2.45, 2.75) is 57.6 Å². The van der Waals surface area contributed by atoms with E-state index in [9.17, 15) is 5.11 Å². The van der Waals surface area contributed by atoms with Crippen molar-refractivity contribution in [1.82, 2.24) is 0 Å². The van der Waals surface area contributed by atoms with Gasteiger partial charge < -0.3 is 10.4 Å². The van der Waals surface area contributed by atoms with Crippen LogP contribution in [0.15, 0.2) is 24.3 Å².